The maximum Gasteiger partial charge on any atom is 0.326 e. The van der Waals surface area contributed by atoms with Gasteiger partial charge in [0, 0.05) is 7.05 Å². The minimum atomic E-state index is -0.835. The summed E-state index contributed by atoms with van der Waals surface area (Å²) < 4.78 is 10.7. The average molecular weight is 399 g/mol. The van der Waals surface area contributed by atoms with Crippen molar-refractivity contribution in [3.05, 3.63) is 24.3 Å². The lowest BCUT2D eigenvalue weighted by atomic mass is 9.81. The highest BCUT2D eigenvalue weighted by Gasteiger charge is 2.39. The van der Waals surface area contributed by atoms with Crippen LogP contribution in [-0.4, -0.2) is 55.0 Å². The summed E-state index contributed by atoms with van der Waals surface area (Å²) in [5.74, 6) is -0.838. The van der Waals surface area contributed by atoms with E-state index in [0.29, 0.717) is 24.3 Å². The first-order valence-corrected chi connectivity index (χ1v) is 9.82. The van der Waals surface area contributed by atoms with Gasteiger partial charge in [0.1, 0.15) is 17.8 Å². The van der Waals surface area contributed by atoms with Gasteiger partial charge in [-0.15, -0.1) is 0 Å². The highest BCUT2D eigenvalue weighted by molar-refractivity contribution is 5.99. The standard InChI is InChI=1S/C21H25N3O5/c1-23(21(15-22)10-5-2-6-11-21)19(26)14-29-20(27)13-24-16-7-3-4-8-17(16)28-12-9-18(24)25/h3-4,7-8H,2,5-6,9-14H2,1H3. The van der Waals surface area contributed by atoms with E-state index in [1.54, 1.807) is 31.3 Å². The minimum Gasteiger partial charge on any atom is -0.491 e. The highest BCUT2D eigenvalue weighted by atomic mass is 16.5. The zero-order chi connectivity index (χ0) is 20.9. The van der Waals surface area contributed by atoms with Crippen molar-refractivity contribution < 1.29 is 23.9 Å². The fraction of sp³-hybridized carbons (Fsp3) is 0.524. The lowest BCUT2D eigenvalue weighted by molar-refractivity contribution is -0.152. The van der Waals surface area contributed by atoms with Crippen LogP contribution in [-0.2, 0) is 19.1 Å². The van der Waals surface area contributed by atoms with Gasteiger partial charge in [0.2, 0.25) is 5.91 Å². The lowest BCUT2D eigenvalue weighted by Gasteiger charge is -2.38. The first-order valence-electron chi connectivity index (χ1n) is 9.82. The number of nitriles is 1. The number of benzene rings is 1. The maximum absolute atomic E-state index is 12.5. The van der Waals surface area contributed by atoms with Crippen LogP contribution in [0.5, 0.6) is 5.75 Å². The van der Waals surface area contributed by atoms with E-state index < -0.39 is 24.0 Å². The molecule has 1 heterocycles. The summed E-state index contributed by atoms with van der Waals surface area (Å²) in [6.45, 7) is -0.528. The number of hydrogen-bond donors (Lipinski definition) is 0. The number of amides is 2. The van der Waals surface area contributed by atoms with Crippen LogP contribution in [0.4, 0.5) is 5.69 Å². The van der Waals surface area contributed by atoms with E-state index in [-0.39, 0.29) is 25.5 Å². The van der Waals surface area contributed by atoms with Gasteiger partial charge in [-0.3, -0.25) is 19.3 Å². The highest BCUT2D eigenvalue weighted by Crippen LogP contribution is 2.33. The van der Waals surface area contributed by atoms with Crippen molar-refractivity contribution in [3.63, 3.8) is 0 Å². The molecule has 2 amide bonds. The van der Waals surface area contributed by atoms with Crippen molar-refractivity contribution in [1.29, 1.82) is 5.26 Å². The van der Waals surface area contributed by atoms with Crippen LogP contribution in [0.2, 0.25) is 0 Å². The van der Waals surface area contributed by atoms with Gasteiger partial charge >= 0.3 is 5.97 Å². The third-order valence-electron chi connectivity index (χ3n) is 5.58. The Balaban J connectivity index is 1.60. The van der Waals surface area contributed by atoms with Gasteiger partial charge in [-0.25, -0.2) is 0 Å². The normalized spacial score (nSPS) is 17.9. The zero-order valence-electron chi connectivity index (χ0n) is 16.6. The SMILES string of the molecule is CN(C(=O)COC(=O)CN1C(=O)CCOc2ccccc21)C1(C#N)CCCCC1. The van der Waals surface area contributed by atoms with E-state index in [4.69, 9.17) is 9.47 Å². The second-order valence-electron chi connectivity index (χ2n) is 7.36. The van der Waals surface area contributed by atoms with Crippen LogP contribution in [0.1, 0.15) is 38.5 Å². The van der Waals surface area contributed by atoms with Crippen LogP contribution in [0.25, 0.3) is 0 Å². The fourth-order valence-electron chi connectivity index (χ4n) is 3.80. The third kappa shape index (κ3) is 4.50. The molecule has 2 aliphatic rings. The number of para-hydroxylation sites is 2. The molecule has 0 unspecified atom stereocenters. The molecule has 1 aliphatic heterocycles. The van der Waals surface area contributed by atoms with Crippen molar-refractivity contribution in [2.45, 2.75) is 44.1 Å². The van der Waals surface area contributed by atoms with Gasteiger partial charge in [-0.05, 0) is 25.0 Å². The number of esters is 1. The maximum atomic E-state index is 12.5. The van der Waals surface area contributed by atoms with Gasteiger partial charge in [-0.1, -0.05) is 31.4 Å². The van der Waals surface area contributed by atoms with E-state index in [1.165, 1.54) is 9.80 Å². The molecule has 0 aromatic heterocycles. The van der Waals surface area contributed by atoms with Crippen molar-refractivity contribution in [2.24, 2.45) is 0 Å². The molecule has 8 nitrogen and oxygen atoms in total. The number of ether oxygens (including phenoxy) is 2. The molecule has 29 heavy (non-hydrogen) atoms. The van der Waals surface area contributed by atoms with Crippen molar-refractivity contribution in [3.8, 4) is 11.8 Å². The molecule has 0 spiro atoms. The molecule has 1 aromatic carbocycles. The van der Waals surface area contributed by atoms with Crippen LogP contribution in [0.3, 0.4) is 0 Å². The smallest absolute Gasteiger partial charge is 0.326 e. The molecule has 0 saturated heterocycles. The average Bonchev–Trinajstić information content (AvgIpc) is 2.90. The Kier molecular flexibility index (Phi) is 6.37. The predicted molar refractivity (Wildman–Crippen MR) is 104 cm³/mol. The van der Waals surface area contributed by atoms with Crippen LogP contribution >= 0.6 is 0 Å². The molecular formula is C21H25N3O5. The topological polar surface area (TPSA) is 99.9 Å². The van der Waals surface area contributed by atoms with Gasteiger partial charge < -0.3 is 14.4 Å². The van der Waals surface area contributed by atoms with E-state index in [0.717, 1.165) is 19.3 Å². The van der Waals surface area contributed by atoms with E-state index in [9.17, 15) is 19.6 Å². The Morgan fingerprint density at radius 3 is 2.72 bits per heavy atom. The molecule has 1 saturated carbocycles. The number of rotatable bonds is 5. The number of anilines is 1. The lowest BCUT2D eigenvalue weighted by Crippen LogP contribution is -2.51. The van der Waals surface area contributed by atoms with Gasteiger partial charge in [0.25, 0.3) is 5.91 Å². The Morgan fingerprint density at radius 1 is 1.28 bits per heavy atom. The molecule has 1 fully saturated rings. The van der Waals surface area contributed by atoms with Crippen molar-refractivity contribution in [1.82, 2.24) is 4.90 Å². The first kappa shape index (κ1) is 20.6. The Labute approximate surface area is 170 Å². The largest absolute Gasteiger partial charge is 0.491 e. The molecule has 1 aliphatic carbocycles. The van der Waals surface area contributed by atoms with Gasteiger partial charge in [-0.2, -0.15) is 5.26 Å². The summed E-state index contributed by atoms with van der Waals surface area (Å²) in [7, 11) is 1.58. The molecule has 3 rings (SSSR count). The third-order valence-corrected chi connectivity index (χ3v) is 5.58. The van der Waals surface area contributed by atoms with Crippen LogP contribution in [0.15, 0.2) is 24.3 Å². The summed E-state index contributed by atoms with van der Waals surface area (Å²) in [4.78, 5) is 39.9. The summed E-state index contributed by atoms with van der Waals surface area (Å²) in [6.07, 6.45) is 4.23. The number of carbonyl (C=O) groups is 3. The summed E-state index contributed by atoms with van der Waals surface area (Å²) in [5.41, 5.74) is -0.334. The van der Waals surface area contributed by atoms with E-state index in [2.05, 4.69) is 6.07 Å². The second-order valence-corrected chi connectivity index (χ2v) is 7.36. The Bertz CT molecular complexity index is 826. The van der Waals surface area contributed by atoms with Crippen molar-refractivity contribution in [2.75, 3.05) is 31.7 Å². The molecule has 0 radical (unpaired) electrons. The summed E-state index contributed by atoms with van der Waals surface area (Å²) in [5, 5.41) is 9.60. The van der Waals surface area contributed by atoms with E-state index in [1.807, 2.05) is 0 Å². The zero-order valence-corrected chi connectivity index (χ0v) is 16.6. The molecule has 154 valence electrons. The van der Waals surface area contributed by atoms with E-state index >= 15 is 0 Å². The molecule has 1 aromatic rings. The van der Waals surface area contributed by atoms with Gasteiger partial charge in [0.15, 0.2) is 6.61 Å². The number of hydrogen-bond acceptors (Lipinski definition) is 6. The molecule has 8 heteroatoms. The van der Waals surface area contributed by atoms with Crippen LogP contribution in [0, 0.1) is 11.3 Å². The molecule has 0 atom stereocenters. The van der Waals surface area contributed by atoms with Crippen molar-refractivity contribution >= 4 is 23.5 Å². The van der Waals surface area contributed by atoms with Gasteiger partial charge in [0.05, 0.1) is 24.8 Å². The monoisotopic (exact) mass is 399 g/mol. The Hall–Kier alpha value is -3.08. The molecule has 0 N–H and O–H groups in total. The number of fused-ring (bicyclic) bond motifs is 1. The molecule has 0 bridgehead atoms. The number of nitrogens with zero attached hydrogens (tertiary/aromatic N) is 3. The molecular weight excluding hydrogens is 374 g/mol. The minimum absolute atomic E-state index is 0.147. The second kappa shape index (κ2) is 8.95. The summed E-state index contributed by atoms with van der Waals surface area (Å²) in [6, 6.07) is 9.25. The quantitative estimate of drug-likeness (QED) is 0.703. The summed E-state index contributed by atoms with van der Waals surface area (Å²) >= 11 is 0. The number of carbonyl (C=O) groups excluding carboxylic acids is 3. The Morgan fingerprint density at radius 2 is 2.00 bits per heavy atom. The van der Waals surface area contributed by atoms with Crippen LogP contribution < -0.4 is 9.64 Å². The number of likely N-dealkylation sites (N-methyl/N-ethyl adjacent to an activating group) is 1. The first-order chi connectivity index (χ1) is 14.0. The fourth-order valence-corrected chi connectivity index (χ4v) is 3.80. The predicted octanol–water partition coefficient (Wildman–Crippen LogP) is 2.03.